The summed E-state index contributed by atoms with van der Waals surface area (Å²) < 4.78 is 0. The Hall–Kier alpha value is -0.120. The molecule has 0 amide bonds. The number of rotatable bonds is 5. The van der Waals surface area contributed by atoms with E-state index in [1.165, 1.54) is 25.8 Å². The first-order valence-corrected chi connectivity index (χ1v) is 5.98. The van der Waals surface area contributed by atoms with Crippen LogP contribution in [0.1, 0.15) is 32.1 Å². The summed E-state index contributed by atoms with van der Waals surface area (Å²) in [7, 11) is 0. The fourth-order valence-corrected chi connectivity index (χ4v) is 2.13. The maximum atomic E-state index is 9.48. The van der Waals surface area contributed by atoms with Crippen LogP contribution in [0.2, 0.25) is 0 Å². The molecule has 0 aromatic heterocycles. The summed E-state index contributed by atoms with van der Waals surface area (Å²) in [5, 5.41) is 13.0. The summed E-state index contributed by atoms with van der Waals surface area (Å²) in [4.78, 5) is 2.39. The monoisotopic (exact) mass is 198 g/mol. The minimum Gasteiger partial charge on any atom is -0.392 e. The highest BCUT2D eigenvalue weighted by atomic mass is 16.3. The van der Waals surface area contributed by atoms with Crippen LogP contribution in [0, 0.1) is 0 Å². The van der Waals surface area contributed by atoms with Gasteiger partial charge in [0, 0.05) is 12.6 Å². The van der Waals surface area contributed by atoms with E-state index >= 15 is 0 Å². The molecule has 3 heteroatoms. The lowest BCUT2D eigenvalue weighted by atomic mass is 10.1. The zero-order chi connectivity index (χ0) is 9.80. The SMILES string of the molecule is OC1CCCN(CCCNC2CC2)C1. The van der Waals surface area contributed by atoms with Gasteiger partial charge in [0.05, 0.1) is 6.10 Å². The first kappa shape index (κ1) is 10.4. The van der Waals surface area contributed by atoms with Crippen molar-refractivity contribution < 1.29 is 5.11 Å². The summed E-state index contributed by atoms with van der Waals surface area (Å²) >= 11 is 0. The normalized spacial score (nSPS) is 29.4. The van der Waals surface area contributed by atoms with Gasteiger partial charge in [-0.15, -0.1) is 0 Å². The second-order valence-corrected chi connectivity index (χ2v) is 4.68. The van der Waals surface area contributed by atoms with Crippen molar-refractivity contribution in [3.05, 3.63) is 0 Å². The van der Waals surface area contributed by atoms with Crippen LogP contribution in [-0.4, -0.2) is 48.3 Å². The van der Waals surface area contributed by atoms with E-state index < -0.39 is 0 Å². The lowest BCUT2D eigenvalue weighted by Crippen LogP contribution is -2.39. The summed E-state index contributed by atoms with van der Waals surface area (Å²) in [6.07, 6.45) is 6.07. The molecule has 3 nitrogen and oxygen atoms in total. The summed E-state index contributed by atoms with van der Waals surface area (Å²) in [5.74, 6) is 0. The van der Waals surface area contributed by atoms with Crippen LogP contribution in [0.3, 0.4) is 0 Å². The Balaban J connectivity index is 1.50. The Morgan fingerprint density at radius 1 is 1.29 bits per heavy atom. The highest BCUT2D eigenvalue weighted by molar-refractivity contribution is 4.80. The third-order valence-corrected chi connectivity index (χ3v) is 3.14. The fraction of sp³-hybridized carbons (Fsp3) is 1.00. The molecule has 82 valence electrons. The molecule has 0 aromatic rings. The molecule has 1 aliphatic carbocycles. The predicted molar refractivity (Wildman–Crippen MR) is 57.3 cm³/mol. The number of likely N-dealkylation sites (tertiary alicyclic amines) is 1. The van der Waals surface area contributed by atoms with Gasteiger partial charge in [0.1, 0.15) is 0 Å². The molecule has 1 heterocycles. The molecule has 0 bridgehead atoms. The lowest BCUT2D eigenvalue weighted by Gasteiger charge is -2.29. The van der Waals surface area contributed by atoms with Crippen molar-refractivity contribution in [2.75, 3.05) is 26.2 Å². The largest absolute Gasteiger partial charge is 0.392 e. The Labute approximate surface area is 86.5 Å². The van der Waals surface area contributed by atoms with Gasteiger partial charge in [-0.3, -0.25) is 0 Å². The molecule has 1 unspecified atom stereocenters. The van der Waals surface area contributed by atoms with Crippen LogP contribution in [0.25, 0.3) is 0 Å². The van der Waals surface area contributed by atoms with Gasteiger partial charge in [-0.1, -0.05) is 0 Å². The third-order valence-electron chi connectivity index (χ3n) is 3.14. The number of β-amino-alcohol motifs (C(OH)–C–C–N with tert-alkyl or cyclic N) is 1. The van der Waals surface area contributed by atoms with Gasteiger partial charge in [0.15, 0.2) is 0 Å². The molecule has 0 radical (unpaired) electrons. The number of nitrogens with zero attached hydrogens (tertiary/aromatic N) is 1. The molecule has 2 aliphatic rings. The quantitative estimate of drug-likeness (QED) is 0.635. The van der Waals surface area contributed by atoms with Crippen LogP contribution in [-0.2, 0) is 0 Å². The molecule has 1 saturated heterocycles. The first-order chi connectivity index (χ1) is 6.84. The number of hydrogen-bond acceptors (Lipinski definition) is 3. The van der Waals surface area contributed by atoms with Crippen LogP contribution >= 0.6 is 0 Å². The number of nitrogens with one attached hydrogen (secondary N) is 1. The van der Waals surface area contributed by atoms with Gasteiger partial charge in [-0.2, -0.15) is 0 Å². The smallest absolute Gasteiger partial charge is 0.0667 e. The van der Waals surface area contributed by atoms with E-state index in [2.05, 4.69) is 10.2 Å². The molecule has 14 heavy (non-hydrogen) atoms. The average molecular weight is 198 g/mol. The van der Waals surface area contributed by atoms with Crippen molar-refractivity contribution in [2.45, 2.75) is 44.2 Å². The van der Waals surface area contributed by atoms with E-state index in [1.54, 1.807) is 0 Å². The van der Waals surface area contributed by atoms with Crippen LogP contribution in [0.15, 0.2) is 0 Å². The molecule has 1 atom stereocenters. The lowest BCUT2D eigenvalue weighted by molar-refractivity contribution is 0.0702. The molecule has 0 spiro atoms. The molecule has 1 saturated carbocycles. The molecular weight excluding hydrogens is 176 g/mol. The molecule has 2 rings (SSSR count). The summed E-state index contributed by atoms with van der Waals surface area (Å²) in [6.45, 7) is 4.37. The van der Waals surface area contributed by atoms with Crippen molar-refractivity contribution in [2.24, 2.45) is 0 Å². The first-order valence-electron chi connectivity index (χ1n) is 5.98. The molecule has 0 aromatic carbocycles. The third kappa shape index (κ3) is 3.56. The van der Waals surface area contributed by atoms with Gasteiger partial charge in [0.2, 0.25) is 0 Å². The van der Waals surface area contributed by atoms with Crippen LogP contribution in [0.5, 0.6) is 0 Å². The highest BCUT2D eigenvalue weighted by Crippen LogP contribution is 2.18. The number of aliphatic hydroxyl groups is 1. The summed E-state index contributed by atoms with van der Waals surface area (Å²) in [6, 6.07) is 0.835. The van der Waals surface area contributed by atoms with Crippen LogP contribution in [0.4, 0.5) is 0 Å². The number of aliphatic hydroxyl groups excluding tert-OH is 1. The van der Waals surface area contributed by atoms with Gasteiger partial charge in [0.25, 0.3) is 0 Å². The Bertz CT molecular complexity index is 171. The topological polar surface area (TPSA) is 35.5 Å². The van der Waals surface area contributed by atoms with Crippen molar-refractivity contribution in [3.8, 4) is 0 Å². The second kappa shape index (κ2) is 5.10. The highest BCUT2D eigenvalue weighted by Gasteiger charge is 2.20. The van der Waals surface area contributed by atoms with Crippen molar-refractivity contribution in [3.63, 3.8) is 0 Å². The van der Waals surface area contributed by atoms with Crippen molar-refractivity contribution >= 4 is 0 Å². The maximum Gasteiger partial charge on any atom is 0.0667 e. The Morgan fingerprint density at radius 2 is 2.14 bits per heavy atom. The van der Waals surface area contributed by atoms with E-state index in [0.717, 1.165) is 38.5 Å². The standard InChI is InChI=1S/C11H22N2O/c14-11-3-1-7-13(9-11)8-2-6-12-10-4-5-10/h10-12,14H,1-9H2. The Morgan fingerprint density at radius 3 is 2.86 bits per heavy atom. The number of hydrogen-bond donors (Lipinski definition) is 2. The zero-order valence-corrected chi connectivity index (χ0v) is 8.91. The van der Waals surface area contributed by atoms with Gasteiger partial charge >= 0.3 is 0 Å². The van der Waals surface area contributed by atoms with Crippen molar-refractivity contribution in [1.29, 1.82) is 0 Å². The molecular formula is C11H22N2O. The van der Waals surface area contributed by atoms with Gasteiger partial charge < -0.3 is 15.3 Å². The van der Waals surface area contributed by atoms with E-state index in [1.807, 2.05) is 0 Å². The molecule has 2 fully saturated rings. The van der Waals surface area contributed by atoms with E-state index in [9.17, 15) is 5.11 Å². The molecule has 2 N–H and O–H groups in total. The van der Waals surface area contributed by atoms with Gasteiger partial charge in [-0.25, -0.2) is 0 Å². The summed E-state index contributed by atoms with van der Waals surface area (Å²) in [5.41, 5.74) is 0. The molecule has 1 aliphatic heterocycles. The second-order valence-electron chi connectivity index (χ2n) is 4.68. The maximum absolute atomic E-state index is 9.48. The van der Waals surface area contributed by atoms with Gasteiger partial charge in [-0.05, 0) is 51.7 Å². The van der Waals surface area contributed by atoms with E-state index in [-0.39, 0.29) is 6.10 Å². The van der Waals surface area contributed by atoms with E-state index in [0.29, 0.717) is 0 Å². The zero-order valence-electron chi connectivity index (χ0n) is 8.91. The van der Waals surface area contributed by atoms with Crippen LogP contribution < -0.4 is 5.32 Å². The Kier molecular flexibility index (Phi) is 3.79. The average Bonchev–Trinajstić information content (AvgIpc) is 2.96. The van der Waals surface area contributed by atoms with E-state index in [4.69, 9.17) is 0 Å². The van der Waals surface area contributed by atoms with Crippen molar-refractivity contribution in [1.82, 2.24) is 10.2 Å². The predicted octanol–water partition coefficient (Wildman–Crippen LogP) is 0.585. The minimum absolute atomic E-state index is 0.0693. The fourth-order valence-electron chi connectivity index (χ4n) is 2.13. The minimum atomic E-state index is -0.0693. The number of piperidine rings is 1.